The van der Waals surface area contributed by atoms with Crippen molar-refractivity contribution in [3.8, 4) is 11.4 Å². The van der Waals surface area contributed by atoms with Crippen LogP contribution in [-0.4, -0.2) is 44.6 Å². The summed E-state index contributed by atoms with van der Waals surface area (Å²) >= 11 is 0. The highest BCUT2D eigenvalue weighted by atomic mass is 19.1. The summed E-state index contributed by atoms with van der Waals surface area (Å²) in [6.45, 7) is 2.54. The molecule has 1 spiro atoms. The molecule has 1 saturated heterocycles. The number of halogens is 1. The lowest BCUT2D eigenvalue weighted by atomic mass is 9.80. The SMILES string of the molecule is Fc1cnc(N2CC[C@@]3(COCc4cnc(-c5cccnc5)nc43)C2)nc1. The van der Waals surface area contributed by atoms with Crippen molar-refractivity contribution in [2.45, 2.75) is 18.4 Å². The number of fused-ring (bicyclic) bond motifs is 2. The summed E-state index contributed by atoms with van der Waals surface area (Å²) in [5.41, 5.74) is 2.67. The number of aromatic nitrogens is 5. The van der Waals surface area contributed by atoms with Crippen molar-refractivity contribution in [2.24, 2.45) is 0 Å². The Morgan fingerprint density at radius 3 is 2.81 bits per heavy atom. The highest BCUT2D eigenvalue weighted by Gasteiger charge is 2.45. The molecule has 0 amide bonds. The van der Waals surface area contributed by atoms with Crippen molar-refractivity contribution in [1.82, 2.24) is 24.9 Å². The van der Waals surface area contributed by atoms with E-state index in [1.54, 1.807) is 12.4 Å². The smallest absolute Gasteiger partial charge is 0.225 e. The van der Waals surface area contributed by atoms with Gasteiger partial charge >= 0.3 is 0 Å². The van der Waals surface area contributed by atoms with Gasteiger partial charge in [0.2, 0.25) is 5.95 Å². The molecule has 1 fully saturated rings. The molecule has 27 heavy (non-hydrogen) atoms. The lowest BCUT2D eigenvalue weighted by Crippen LogP contribution is -2.40. The first-order chi connectivity index (χ1) is 13.2. The summed E-state index contributed by atoms with van der Waals surface area (Å²) in [5, 5.41) is 0. The molecule has 0 aliphatic carbocycles. The average Bonchev–Trinajstić information content (AvgIpc) is 3.14. The van der Waals surface area contributed by atoms with Crippen LogP contribution in [0, 0.1) is 5.82 Å². The van der Waals surface area contributed by atoms with Gasteiger partial charge < -0.3 is 9.64 Å². The fourth-order valence-electron chi connectivity index (χ4n) is 3.85. The van der Waals surface area contributed by atoms with E-state index >= 15 is 0 Å². The molecule has 2 aliphatic rings. The Labute approximate surface area is 155 Å². The first kappa shape index (κ1) is 16.2. The van der Waals surface area contributed by atoms with Crippen LogP contribution in [0.15, 0.2) is 43.1 Å². The number of nitrogens with zero attached hydrogens (tertiary/aromatic N) is 6. The summed E-state index contributed by atoms with van der Waals surface area (Å²) in [6, 6.07) is 3.83. The third-order valence-electron chi connectivity index (χ3n) is 5.17. The number of hydrogen-bond donors (Lipinski definition) is 0. The molecular formula is C19H17FN6O. The predicted octanol–water partition coefficient (Wildman–Crippen LogP) is 2.15. The Balaban J connectivity index is 1.51. The van der Waals surface area contributed by atoms with Crippen LogP contribution in [0.4, 0.5) is 10.3 Å². The molecule has 7 nitrogen and oxygen atoms in total. The molecule has 8 heteroatoms. The summed E-state index contributed by atoms with van der Waals surface area (Å²) in [5.74, 6) is 0.759. The number of anilines is 1. The largest absolute Gasteiger partial charge is 0.376 e. The van der Waals surface area contributed by atoms with E-state index in [4.69, 9.17) is 9.72 Å². The van der Waals surface area contributed by atoms with Gasteiger partial charge in [-0.25, -0.2) is 24.3 Å². The predicted molar refractivity (Wildman–Crippen MR) is 95.4 cm³/mol. The zero-order chi connectivity index (χ0) is 18.3. The van der Waals surface area contributed by atoms with E-state index in [-0.39, 0.29) is 5.41 Å². The average molecular weight is 364 g/mol. The van der Waals surface area contributed by atoms with Crippen molar-refractivity contribution in [3.05, 3.63) is 60.2 Å². The number of rotatable bonds is 2. The Kier molecular flexibility index (Phi) is 3.78. The van der Waals surface area contributed by atoms with Crippen molar-refractivity contribution < 1.29 is 9.13 Å². The second kappa shape index (κ2) is 6.31. The van der Waals surface area contributed by atoms with Crippen molar-refractivity contribution in [3.63, 3.8) is 0 Å². The van der Waals surface area contributed by atoms with Crippen LogP contribution in [0.3, 0.4) is 0 Å². The Bertz CT molecular complexity index is 968. The molecule has 0 aromatic carbocycles. The van der Waals surface area contributed by atoms with Crippen LogP contribution in [0.2, 0.25) is 0 Å². The summed E-state index contributed by atoms with van der Waals surface area (Å²) in [7, 11) is 0. The van der Waals surface area contributed by atoms with Gasteiger partial charge in [0, 0.05) is 42.8 Å². The second-order valence-corrected chi connectivity index (χ2v) is 6.96. The van der Waals surface area contributed by atoms with Crippen LogP contribution in [-0.2, 0) is 16.8 Å². The van der Waals surface area contributed by atoms with E-state index in [9.17, 15) is 4.39 Å². The van der Waals surface area contributed by atoms with Gasteiger partial charge in [0.15, 0.2) is 11.6 Å². The zero-order valence-corrected chi connectivity index (χ0v) is 14.5. The van der Waals surface area contributed by atoms with E-state index in [1.807, 2.05) is 18.3 Å². The van der Waals surface area contributed by atoms with Crippen molar-refractivity contribution in [2.75, 3.05) is 24.6 Å². The summed E-state index contributed by atoms with van der Waals surface area (Å²) in [4.78, 5) is 23.8. The molecule has 5 heterocycles. The molecule has 3 aromatic rings. The van der Waals surface area contributed by atoms with Crippen LogP contribution < -0.4 is 4.90 Å². The van der Waals surface area contributed by atoms with Gasteiger partial charge in [0.1, 0.15) is 0 Å². The van der Waals surface area contributed by atoms with Gasteiger partial charge in [-0.2, -0.15) is 0 Å². The zero-order valence-electron chi connectivity index (χ0n) is 14.5. The van der Waals surface area contributed by atoms with E-state index in [0.29, 0.717) is 31.5 Å². The molecule has 3 aromatic heterocycles. The Morgan fingerprint density at radius 2 is 2.00 bits per heavy atom. The van der Waals surface area contributed by atoms with Crippen LogP contribution in [0.5, 0.6) is 0 Å². The van der Waals surface area contributed by atoms with Crippen LogP contribution in [0.1, 0.15) is 17.7 Å². The molecule has 0 unspecified atom stereocenters. The first-order valence-electron chi connectivity index (χ1n) is 8.81. The number of ether oxygens (including phenoxy) is 1. The highest BCUT2D eigenvalue weighted by Crippen LogP contribution is 2.40. The van der Waals surface area contributed by atoms with Gasteiger partial charge in [0.05, 0.1) is 36.7 Å². The summed E-state index contributed by atoms with van der Waals surface area (Å²) in [6.07, 6.45) is 8.60. The monoisotopic (exact) mass is 364 g/mol. The number of pyridine rings is 1. The lowest BCUT2D eigenvalue weighted by molar-refractivity contribution is 0.0557. The highest BCUT2D eigenvalue weighted by molar-refractivity contribution is 5.54. The maximum absolute atomic E-state index is 13.1. The Hall–Kier alpha value is -3.00. The van der Waals surface area contributed by atoms with E-state index in [1.165, 1.54) is 12.4 Å². The van der Waals surface area contributed by atoms with Gasteiger partial charge in [0.25, 0.3) is 0 Å². The fourth-order valence-corrected chi connectivity index (χ4v) is 3.85. The normalized spacial score (nSPS) is 21.4. The second-order valence-electron chi connectivity index (χ2n) is 6.96. The lowest BCUT2D eigenvalue weighted by Gasteiger charge is -2.34. The van der Waals surface area contributed by atoms with Gasteiger partial charge in [-0.1, -0.05) is 0 Å². The summed E-state index contributed by atoms with van der Waals surface area (Å²) < 4.78 is 19.0. The molecule has 0 saturated carbocycles. The molecule has 2 aliphatic heterocycles. The minimum Gasteiger partial charge on any atom is -0.376 e. The van der Waals surface area contributed by atoms with E-state index in [0.717, 1.165) is 29.8 Å². The van der Waals surface area contributed by atoms with Gasteiger partial charge in [-0.15, -0.1) is 0 Å². The standard InChI is InChI=1S/C19H17FN6O/c20-15-8-23-18(24-9-15)26-5-3-19(11-26)12-27-10-14-7-22-17(25-16(14)19)13-2-1-4-21-6-13/h1-2,4,6-9H,3,5,10-12H2/t19-/m0/s1. The topological polar surface area (TPSA) is 76.9 Å². The molecule has 0 radical (unpaired) electrons. The number of hydrogen-bond acceptors (Lipinski definition) is 7. The molecule has 0 N–H and O–H groups in total. The van der Waals surface area contributed by atoms with E-state index in [2.05, 4.69) is 24.8 Å². The third-order valence-corrected chi connectivity index (χ3v) is 5.17. The van der Waals surface area contributed by atoms with Crippen molar-refractivity contribution in [1.29, 1.82) is 0 Å². The molecule has 5 rings (SSSR count). The maximum atomic E-state index is 13.1. The van der Waals surface area contributed by atoms with Gasteiger partial charge in [-0.3, -0.25) is 4.98 Å². The Morgan fingerprint density at radius 1 is 1.11 bits per heavy atom. The molecule has 1 atom stereocenters. The van der Waals surface area contributed by atoms with Gasteiger partial charge in [-0.05, 0) is 18.6 Å². The van der Waals surface area contributed by atoms with Crippen LogP contribution in [0.25, 0.3) is 11.4 Å². The quantitative estimate of drug-likeness (QED) is 0.689. The third kappa shape index (κ3) is 2.82. The molecule has 136 valence electrons. The van der Waals surface area contributed by atoms with Crippen LogP contribution >= 0.6 is 0 Å². The fraction of sp³-hybridized carbons (Fsp3) is 0.316. The molecule has 0 bridgehead atoms. The van der Waals surface area contributed by atoms with E-state index < -0.39 is 5.82 Å². The maximum Gasteiger partial charge on any atom is 0.225 e. The molecular weight excluding hydrogens is 347 g/mol. The first-order valence-corrected chi connectivity index (χ1v) is 8.81. The minimum atomic E-state index is -0.437. The minimum absolute atomic E-state index is 0.245. The van der Waals surface area contributed by atoms with Crippen molar-refractivity contribution >= 4 is 5.95 Å².